The van der Waals surface area contributed by atoms with E-state index < -0.39 is 5.60 Å². The molecule has 0 aromatic heterocycles. The van der Waals surface area contributed by atoms with E-state index in [1.807, 2.05) is 20.8 Å². The van der Waals surface area contributed by atoms with Gasteiger partial charge in [0.25, 0.3) is 0 Å². The van der Waals surface area contributed by atoms with Crippen LogP contribution in [0.2, 0.25) is 0 Å². The molecule has 1 saturated heterocycles. The number of carbonyl (C=O) groups is 1. The van der Waals surface area contributed by atoms with Crippen molar-refractivity contribution in [3.05, 3.63) is 0 Å². The first-order valence-electron chi connectivity index (χ1n) is 8.08. The van der Waals surface area contributed by atoms with Crippen molar-refractivity contribution in [3.63, 3.8) is 0 Å². The number of carbonyl (C=O) groups excluding carboxylic acids is 1. The maximum Gasteiger partial charge on any atom is 0.410 e. The number of likely N-dealkylation sites (tertiary alicyclic amines) is 1. The number of ether oxygens (including phenoxy) is 2. The van der Waals surface area contributed by atoms with Crippen molar-refractivity contribution in [3.8, 4) is 0 Å². The van der Waals surface area contributed by atoms with Gasteiger partial charge in [-0.3, -0.25) is 0 Å². The lowest BCUT2D eigenvalue weighted by Gasteiger charge is -2.41. The number of nitrogens with two attached hydrogens (primary N) is 1. The van der Waals surface area contributed by atoms with Crippen LogP contribution in [0.4, 0.5) is 4.79 Å². The highest BCUT2D eigenvalue weighted by molar-refractivity contribution is 5.68. The predicted molar refractivity (Wildman–Crippen MR) is 84.3 cm³/mol. The van der Waals surface area contributed by atoms with E-state index >= 15 is 0 Å². The summed E-state index contributed by atoms with van der Waals surface area (Å²) < 4.78 is 11.2. The van der Waals surface area contributed by atoms with Gasteiger partial charge in [0.15, 0.2) is 0 Å². The molecule has 5 heteroatoms. The molecule has 0 atom stereocenters. The Hall–Kier alpha value is -0.810. The molecule has 1 aliphatic heterocycles. The molecule has 1 rings (SSSR count). The quantitative estimate of drug-likeness (QED) is 0.766. The highest BCUT2D eigenvalue weighted by atomic mass is 16.6. The van der Waals surface area contributed by atoms with Crippen LogP contribution in [0.3, 0.4) is 0 Å². The summed E-state index contributed by atoms with van der Waals surface area (Å²) in [4.78, 5) is 13.8. The smallest absolute Gasteiger partial charge is 0.410 e. The van der Waals surface area contributed by atoms with Crippen LogP contribution < -0.4 is 5.73 Å². The number of rotatable bonds is 6. The molecule has 0 aromatic rings. The van der Waals surface area contributed by atoms with Crippen LogP contribution >= 0.6 is 0 Å². The van der Waals surface area contributed by atoms with Gasteiger partial charge in [-0.2, -0.15) is 0 Å². The molecule has 1 amide bonds. The monoisotopic (exact) mass is 300 g/mol. The van der Waals surface area contributed by atoms with Gasteiger partial charge in [0, 0.05) is 31.7 Å². The Morgan fingerprint density at radius 1 is 1.29 bits per heavy atom. The van der Waals surface area contributed by atoms with Crippen molar-refractivity contribution in [1.29, 1.82) is 0 Å². The molecule has 1 heterocycles. The fourth-order valence-electron chi connectivity index (χ4n) is 2.43. The van der Waals surface area contributed by atoms with Crippen molar-refractivity contribution in [2.45, 2.75) is 59.0 Å². The van der Waals surface area contributed by atoms with Crippen LogP contribution in [0.25, 0.3) is 0 Å². The molecule has 0 aliphatic carbocycles. The summed E-state index contributed by atoms with van der Waals surface area (Å²) in [5, 5.41) is 0. The molecule has 5 nitrogen and oxygen atoms in total. The fraction of sp³-hybridized carbons (Fsp3) is 0.938. The lowest BCUT2D eigenvalue weighted by molar-refractivity contribution is -0.0134. The van der Waals surface area contributed by atoms with Gasteiger partial charge in [0.2, 0.25) is 0 Å². The minimum absolute atomic E-state index is 0.0201. The minimum atomic E-state index is -0.442. The SMILES string of the molecule is CCCCOCC1(CN)CCN(C(=O)OC(C)(C)C)CC1. The van der Waals surface area contributed by atoms with Gasteiger partial charge in [-0.05, 0) is 40.0 Å². The van der Waals surface area contributed by atoms with Crippen LogP contribution in [0.15, 0.2) is 0 Å². The first-order valence-corrected chi connectivity index (χ1v) is 8.08. The average Bonchev–Trinajstić information content (AvgIpc) is 2.42. The van der Waals surface area contributed by atoms with Crippen molar-refractivity contribution in [1.82, 2.24) is 4.90 Å². The molecule has 0 bridgehead atoms. The Bertz CT molecular complexity index is 318. The van der Waals surface area contributed by atoms with Gasteiger partial charge in [-0.1, -0.05) is 13.3 Å². The molecule has 0 aromatic carbocycles. The van der Waals surface area contributed by atoms with E-state index in [-0.39, 0.29) is 11.5 Å². The average molecular weight is 300 g/mol. The Kier molecular flexibility index (Phi) is 6.94. The minimum Gasteiger partial charge on any atom is -0.444 e. The van der Waals surface area contributed by atoms with E-state index in [0.29, 0.717) is 26.2 Å². The Balaban J connectivity index is 2.42. The van der Waals surface area contributed by atoms with Gasteiger partial charge < -0.3 is 20.1 Å². The largest absolute Gasteiger partial charge is 0.444 e. The number of nitrogens with zero attached hydrogens (tertiary/aromatic N) is 1. The van der Waals surface area contributed by atoms with Gasteiger partial charge in [0.05, 0.1) is 6.61 Å². The van der Waals surface area contributed by atoms with E-state index in [0.717, 1.165) is 32.3 Å². The Morgan fingerprint density at radius 2 is 1.90 bits per heavy atom. The highest BCUT2D eigenvalue weighted by Gasteiger charge is 2.36. The fourth-order valence-corrected chi connectivity index (χ4v) is 2.43. The maximum atomic E-state index is 12.1. The van der Waals surface area contributed by atoms with Gasteiger partial charge in [0.1, 0.15) is 5.60 Å². The van der Waals surface area contributed by atoms with E-state index in [4.69, 9.17) is 15.2 Å². The van der Waals surface area contributed by atoms with Crippen LogP contribution in [-0.2, 0) is 9.47 Å². The second-order valence-electron chi connectivity index (χ2n) is 7.08. The number of hydrogen-bond acceptors (Lipinski definition) is 4. The molecule has 0 saturated carbocycles. The lowest BCUT2D eigenvalue weighted by atomic mass is 9.79. The molecule has 0 unspecified atom stereocenters. The number of hydrogen-bond donors (Lipinski definition) is 1. The molecule has 1 fully saturated rings. The standard InChI is InChI=1S/C16H32N2O3/c1-5-6-11-20-13-16(12-17)7-9-18(10-8-16)14(19)21-15(2,3)4/h5-13,17H2,1-4H3. The van der Waals surface area contributed by atoms with Crippen molar-refractivity contribution < 1.29 is 14.3 Å². The third-order valence-corrected chi connectivity index (χ3v) is 3.96. The molecule has 0 radical (unpaired) electrons. The second-order valence-corrected chi connectivity index (χ2v) is 7.08. The third-order valence-electron chi connectivity index (χ3n) is 3.96. The van der Waals surface area contributed by atoms with Crippen LogP contribution in [0.5, 0.6) is 0 Å². The Morgan fingerprint density at radius 3 is 2.38 bits per heavy atom. The van der Waals surface area contributed by atoms with E-state index in [2.05, 4.69) is 6.92 Å². The van der Waals surface area contributed by atoms with E-state index in [9.17, 15) is 4.79 Å². The van der Waals surface area contributed by atoms with Gasteiger partial charge in [-0.15, -0.1) is 0 Å². The molecule has 124 valence electrons. The third kappa shape index (κ3) is 6.22. The number of unbranched alkanes of at least 4 members (excludes halogenated alkanes) is 1. The summed E-state index contributed by atoms with van der Waals surface area (Å²) in [6.07, 6.45) is 3.77. The highest BCUT2D eigenvalue weighted by Crippen LogP contribution is 2.31. The van der Waals surface area contributed by atoms with Crippen LogP contribution in [-0.4, -0.2) is 49.4 Å². The second kappa shape index (κ2) is 7.99. The van der Waals surface area contributed by atoms with Crippen molar-refractivity contribution >= 4 is 6.09 Å². The topological polar surface area (TPSA) is 64.8 Å². The van der Waals surface area contributed by atoms with Crippen LogP contribution in [0.1, 0.15) is 53.4 Å². The summed E-state index contributed by atoms with van der Waals surface area (Å²) in [7, 11) is 0. The summed E-state index contributed by atoms with van der Waals surface area (Å²) in [6.45, 7) is 11.3. The zero-order valence-corrected chi connectivity index (χ0v) is 14.1. The maximum absolute atomic E-state index is 12.1. The van der Waals surface area contributed by atoms with E-state index in [1.54, 1.807) is 4.90 Å². The zero-order chi connectivity index (χ0) is 15.9. The van der Waals surface area contributed by atoms with Crippen molar-refractivity contribution in [2.24, 2.45) is 11.1 Å². The molecule has 0 spiro atoms. The number of amides is 1. The molecule has 2 N–H and O–H groups in total. The number of piperidine rings is 1. The summed E-state index contributed by atoms with van der Waals surface area (Å²) in [5.41, 5.74) is 5.54. The summed E-state index contributed by atoms with van der Waals surface area (Å²) >= 11 is 0. The van der Waals surface area contributed by atoms with Crippen molar-refractivity contribution in [2.75, 3.05) is 32.8 Å². The predicted octanol–water partition coefficient (Wildman–Crippen LogP) is 2.78. The zero-order valence-electron chi connectivity index (χ0n) is 14.1. The van der Waals surface area contributed by atoms with Gasteiger partial charge >= 0.3 is 6.09 Å². The van der Waals surface area contributed by atoms with E-state index in [1.165, 1.54) is 0 Å². The first-order chi connectivity index (χ1) is 9.82. The lowest BCUT2D eigenvalue weighted by Crippen LogP contribution is -2.49. The van der Waals surface area contributed by atoms with Gasteiger partial charge in [-0.25, -0.2) is 4.79 Å². The normalized spacial score (nSPS) is 18.6. The Labute approximate surface area is 129 Å². The molecular formula is C16H32N2O3. The molecule has 1 aliphatic rings. The summed E-state index contributed by atoms with van der Waals surface area (Å²) in [6, 6.07) is 0. The van der Waals surface area contributed by atoms with Crippen LogP contribution in [0, 0.1) is 5.41 Å². The first kappa shape index (κ1) is 18.2. The summed E-state index contributed by atoms with van der Waals surface area (Å²) in [5.74, 6) is 0. The molecule has 21 heavy (non-hydrogen) atoms. The molecular weight excluding hydrogens is 268 g/mol.